The zero-order chi connectivity index (χ0) is 39.7. The minimum Gasteiger partial charge on any atom is -0.504 e. The van der Waals surface area contributed by atoms with E-state index in [2.05, 4.69) is 6.92 Å². The number of benzene rings is 1. The zero-order valence-corrected chi connectivity index (χ0v) is 31.5. The monoisotopic (exact) mass is 780 g/mol. The molecule has 16 heteroatoms. The van der Waals surface area contributed by atoms with E-state index in [1.54, 1.807) is 0 Å². The van der Waals surface area contributed by atoms with Gasteiger partial charge in [0, 0.05) is 0 Å². The maximum atomic E-state index is 13.1. The molecule has 2 bridgehead atoms. The number of phenols is 1. The van der Waals surface area contributed by atoms with Crippen LogP contribution in [0.1, 0.15) is 75.6 Å². The van der Waals surface area contributed by atoms with E-state index < -0.39 is 91.6 Å². The predicted octanol–water partition coefficient (Wildman–Crippen LogP) is 0.160. The second kappa shape index (κ2) is 14.7. The van der Waals surface area contributed by atoms with Gasteiger partial charge in [-0.25, -0.2) is 4.79 Å². The van der Waals surface area contributed by atoms with Gasteiger partial charge in [0.1, 0.15) is 43.4 Å². The summed E-state index contributed by atoms with van der Waals surface area (Å²) < 4.78 is 33.7. The van der Waals surface area contributed by atoms with Gasteiger partial charge >= 0.3 is 5.97 Å². The molecule has 4 saturated carbocycles. The number of rotatable bonds is 11. The summed E-state index contributed by atoms with van der Waals surface area (Å²) in [5, 5.41) is 85.9. The zero-order valence-electron chi connectivity index (χ0n) is 31.5. The van der Waals surface area contributed by atoms with Gasteiger partial charge in [0.05, 0.1) is 49.6 Å². The van der Waals surface area contributed by atoms with E-state index in [0.717, 1.165) is 44.8 Å². The molecule has 8 N–H and O–H groups in total. The summed E-state index contributed by atoms with van der Waals surface area (Å²) >= 11 is 0. The second-order valence-corrected chi connectivity index (χ2v) is 17.6. The number of carbonyl (C=O) groups is 2. The number of carbonyl (C=O) groups excluding carboxylic acids is 2. The van der Waals surface area contributed by atoms with Crippen LogP contribution in [0, 0.1) is 34.0 Å². The van der Waals surface area contributed by atoms with E-state index in [-0.39, 0.29) is 52.3 Å². The first kappa shape index (κ1) is 40.7. The quantitative estimate of drug-likeness (QED) is 0.0846. The van der Waals surface area contributed by atoms with Crippen molar-refractivity contribution in [2.75, 3.05) is 33.5 Å². The van der Waals surface area contributed by atoms with Crippen molar-refractivity contribution in [3.05, 3.63) is 23.8 Å². The van der Waals surface area contributed by atoms with Crippen molar-refractivity contribution in [2.24, 2.45) is 34.0 Å². The number of hydrogen-bond acceptors (Lipinski definition) is 16. The summed E-state index contributed by atoms with van der Waals surface area (Å²) in [6, 6.07) is 3.79. The first-order valence-electron chi connectivity index (χ1n) is 19.3. The smallest absolute Gasteiger partial charge is 0.338 e. The average molecular weight is 781 g/mol. The lowest BCUT2D eigenvalue weighted by atomic mass is 9.40. The molecule has 0 radical (unpaired) electrons. The van der Waals surface area contributed by atoms with Crippen LogP contribution >= 0.6 is 0 Å². The van der Waals surface area contributed by atoms with Gasteiger partial charge < -0.3 is 74.1 Å². The number of fused-ring (bicyclic) bond motifs is 3. The van der Waals surface area contributed by atoms with Crippen molar-refractivity contribution in [2.45, 2.75) is 126 Å². The maximum Gasteiger partial charge on any atom is 0.338 e. The molecule has 16 nitrogen and oxygen atoms in total. The highest BCUT2D eigenvalue weighted by Crippen LogP contribution is 2.73. The van der Waals surface area contributed by atoms with Crippen LogP contribution in [0.4, 0.5) is 0 Å². The fourth-order valence-corrected chi connectivity index (χ4v) is 11.6. The van der Waals surface area contributed by atoms with Crippen molar-refractivity contribution >= 4 is 12.3 Å². The molecule has 2 aliphatic heterocycles. The molecule has 0 aromatic heterocycles. The largest absolute Gasteiger partial charge is 0.504 e. The Balaban J connectivity index is 0.976. The molecular formula is C39H56O16. The van der Waals surface area contributed by atoms with Gasteiger partial charge in [-0.3, -0.25) is 0 Å². The Hall–Kier alpha value is -2.48. The molecule has 7 rings (SSSR count). The Morgan fingerprint density at radius 3 is 2.44 bits per heavy atom. The van der Waals surface area contributed by atoms with Gasteiger partial charge in [-0.2, -0.15) is 0 Å². The van der Waals surface area contributed by atoms with E-state index in [1.165, 1.54) is 25.3 Å². The molecule has 16 atom stereocenters. The van der Waals surface area contributed by atoms with Crippen molar-refractivity contribution in [1.82, 2.24) is 0 Å². The highest BCUT2D eigenvalue weighted by atomic mass is 16.7. The number of hydrogen-bond donors (Lipinski definition) is 8. The number of esters is 1. The summed E-state index contributed by atoms with van der Waals surface area (Å²) in [6.45, 7) is 2.23. The topological polar surface area (TPSA) is 251 Å². The minimum atomic E-state index is -2.07. The third kappa shape index (κ3) is 6.68. The van der Waals surface area contributed by atoms with Crippen LogP contribution in [-0.2, 0) is 28.5 Å². The molecule has 0 unspecified atom stereocenters. The van der Waals surface area contributed by atoms with Crippen LogP contribution in [0.25, 0.3) is 0 Å². The van der Waals surface area contributed by atoms with Gasteiger partial charge in [0.2, 0.25) is 0 Å². The van der Waals surface area contributed by atoms with Crippen LogP contribution in [0.5, 0.6) is 11.5 Å². The predicted molar refractivity (Wildman–Crippen MR) is 187 cm³/mol. The Kier molecular flexibility index (Phi) is 10.9. The third-order valence-electron chi connectivity index (χ3n) is 14.6. The number of ether oxygens (including phenoxy) is 6. The lowest BCUT2D eigenvalue weighted by molar-refractivity contribution is -0.332. The second-order valence-electron chi connectivity index (χ2n) is 17.6. The fourth-order valence-electron chi connectivity index (χ4n) is 11.6. The molecule has 2 heterocycles. The first-order chi connectivity index (χ1) is 26.0. The Morgan fingerprint density at radius 2 is 1.73 bits per heavy atom. The van der Waals surface area contributed by atoms with Crippen molar-refractivity contribution in [3.63, 3.8) is 0 Å². The molecule has 6 aliphatic rings. The van der Waals surface area contributed by atoms with Crippen LogP contribution < -0.4 is 4.74 Å². The van der Waals surface area contributed by atoms with E-state index in [4.69, 9.17) is 28.4 Å². The number of aldehydes is 1. The lowest BCUT2D eigenvalue weighted by Crippen LogP contribution is -2.64. The summed E-state index contributed by atoms with van der Waals surface area (Å²) in [5.74, 6) is -0.767. The standard InChI is InChI=1S/C39H56O16/c1-35-10-9-27(36(2,16-40)25(35)8-11-37-13-21(5-7-26(35)37)38(48,15-37)17-41)55-33-30(45)29(44)28(43)24(54-33)14-51-34-31(46)39(49,19-53-34)18-52-32(47)20-4-6-22(42)23(12-20)50-3/h4,6,12,16,21,24-31,33-34,41-46,48-49H,5,7-11,13-15,17-19H2,1-3H3/t21-,24-,25+,26+,27-,28-,29+,30-,31+,33+,34-,35-,36+,37+,38+,39-/m1/s1. The van der Waals surface area contributed by atoms with E-state index in [9.17, 15) is 50.4 Å². The van der Waals surface area contributed by atoms with Crippen molar-refractivity contribution < 1.29 is 78.9 Å². The number of phenolic OH excluding ortho intramolecular Hbond substituents is 1. The molecule has 4 aliphatic carbocycles. The summed E-state index contributed by atoms with van der Waals surface area (Å²) in [7, 11) is 1.31. The fraction of sp³-hybridized carbons (Fsp3) is 0.795. The third-order valence-corrected chi connectivity index (χ3v) is 14.6. The SMILES string of the molecule is COc1cc(C(=O)OC[C@@]2(O)CO[C@@H](OC[C@H]3O[C@@H](O[C@@H]4CC[C@@]5(C)[C@@H]6CC[C@@H]7C[C@@]6(CC[C@@H]5[C@]4(C)C=O)C[C@]7(O)CO)[C@H](O)[C@@H](O)[C@@H]3O)[C@@H]2O)ccc1O. The van der Waals surface area contributed by atoms with Gasteiger partial charge in [-0.15, -0.1) is 0 Å². The normalized spacial score (nSPS) is 47.8. The van der Waals surface area contributed by atoms with Crippen molar-refractivity contribution in [1.29, 1.82) is 0 Å². The van der Waals surface area contributed by atoms with Crippen LogP contribution in [0.2, 0.25) is 0 Å². The molecule has 1 aromatic carbocycles. The van der Waals surface area contributed by atoms with Crippen LogP contribution in [0.3, 0.4) is 0 Å². The molecular weight excluding hydrogens is 724 g/mol. The molecule has 308 valence electrons. The number of methoxy groups -OCH3 is 1. The number of aromatic hydroxyl groups is 1. The van der Waals surface area contributed by atoms with Gasteiger partial charge in [-0.05, 0) is 98.1 Å². The van der Waals surface area contributed by atoms with Crippen LogP contribution in [-0.4, -0.2) is 147 Å². The van der Waals surface area contributed by atoms with Crippen LogP contribution in [0.15, 0.2) is 18.2 Å². The Bertz CT molecular complexity index is 1590. The van der Waals surface area contributed by atoms with Gasteiger partial charge in [-0.1, -0.05) is 13.8 Å². The molecule has 6 fully saturated rings. The number of aliphatic hydroxyl groups is 7. The molecule has 55 heavy (non-hydrogen) atoms. The van der Waals surface area contributed by atoms with Gasteiger partial charge in [0.15, 0.2) is 29.7 Å². The van der Waals surface area contributed by atoms with E-state index in [1.807, 2.05) is 6.92 Å². The summed E-state index contributed by atoms with van der Waals surface area (Å²) in [4.78, 5) is 25.7. The Labute approximate surface area is 319 Å². The number of aliphatic hydroxyl groups excluding tert-OH is 5. The maximum absolute atomic E-state index is 13.1. The molecule has 1 spiro atoms. The minimum absolute atomic E-state index is 0.0247. The molecule has 2 saturated heterocycles. The molecule has 0 amide bonds. The summed E-state index contributed by atoms with van der Waals surface area (Å²) in [6.07, 6.45) is -4.82. The van der Waals surface area contributed by atoms with E-state index >= 15 is 0 Å². The average Bonchev–Trinajstić information content (AvgIpc) is 3.57. The highest BCUT2D eigenvalue weighted by Gasteiger charge is 2.69. The summed E-state index contributed by atoms with van der Waals surface area (Å²) in [5.41, 5.74) is -4.44. The first-order valence-corrected chi connectivity index (χ1v) is 19.3. The van der Waals surface area contributed by atoms with Gasteiger partial charge in [0.25, 0.3) is 0 Å². The van der Waals surface area contributed by atoms with Crippen molar-refractivity contribution in [3.8, 4) is 11.5 Å². The molecule has 1 aromatic rings. The van der Waals surface area contributed by atoms with E-state index in [0.29, 0.717) is 12.8 Å². The lowest BCUT2D eigenvalue weighted by Gasteiger charge is -2.64. The highest BCUT2D eigenvalue weighted by molar-refractivity contribution is 5.90. The Morgan fingerprint density at radius 1 is 0.964 bits per heavy atom.